The van der Waals surface area contributed by atoms with Crippen molar-refractivity contribution < 1.29 is 42.1 Å². The van der Waals surface area contributed by atoms with Crippen LogP contribution in [0, 0.1) is 5.92 Å². The number of carbonyl (C=O) groups excluding carboxylic acids is 3. The summed E-state index contributed by atoms with van der Waals surface area (Å²) >= 11 is 13.1. The number of nitrogens with one attached hydrogen (secondary N) is 3. The molecule has 2 aromatic carbocycles. The Labute approximate surface area is 264 Å². The maximum Gasteiger partial charge on any atom is 0.573 e. The number of anilines is 2. The third-order valence-electron chi connectivity index (χ3n) is 7.27. The van der Waals surface area contributed by atoms with Crippen LogP contribution in [0.1, 0.15) is 48.7 Å². The lowest BCUT2D eigenvalue weighted by molar-refractivity contribution is -0.315. The number of amides is 3. The van der Waals surface area contributed by atoms with E-state index in [1.807, 2.05) is 0 Å². The Bertz CT molecular complexity index is 1520. The molecule has 0 unspecified atom stereocenters. The van der Waals surface area contributed by atoms with Gasteiger partial charge in [-0.2, -0.15) is 0 Å². The topological polar surface area (TPSA) is 129 Å². The van der Waals surface area contributed by atoms with Crippen LogP contribution in [0.2, 0.25) is 10.0 Å². The largest absolute Gasteiger partial charge is 0.573 e. The molecule has 1 fully saturated rings. The quantitative estimate of drug-likeness (QED) is 0.223. The van der Waals surface area contributed by atoms with Crippen LogP contribution in [0.15, 0.2) is 42.5 Å². The predicted octanol–water partition coefficient (Wildman–Crippen LogP) is 7.09. The average molecular weight is 674 g/mol. The van der Waals surface area contributed by atoms with Gasteiger partial charge >= 0.3 is 12.4 Å². The predicted molar refractivity (Wildman–Crippen MR) is 160 cm³/mol. The highest BCUT2D eigenvalue weighted by Gasteiger charge is 2.39. The number of halogens is 5. The molecule has 15 heteroatoms. The second-order valence-corrected chi connectivity index (χ2v) is 12.1. The zero-order valence-corrected chi connectivity index (χ0v) is 25.7. The van der Waals surface area contributed by atoms with Gasteiger partial charge in [0.25, 0.3) is 5.91 Å². The number of carboxylic acids is 1. The van der Waals surface area contributed by atoms with Gasteiger partial charge in [0, 0.05) is 17.0 Å². The van der Waals surface area contributed by atoms with E-state index in [2.05, 4.69) is 20.7 Å². The first-order chi connectivity index (χ1) is 20.7. The van der Waals surface area contributed by atoms with E-state index in [0.29, 0.717) is 29.0 Å². The van der Waals surface area contributed by atoms with E-state index in [0.717, 1.165) is 42.7 Å². The molecule has 0 aliphatic heterocycles. The van der Waals surface area contributed by atoms with Gasteiger partial charge in [0.05, 0.1) is 40.0 Å². The Balaban J connectivity index is 1.64. The van der Waals surface area contributed by atoms with Gasteiger partial charge in [0.15, 0.2) is 0 Å². The summed E-state index contributed by atoms with van der Waals surface area (Å²) in [6.07, 6.45) is -1.15. The Morgan fingerprint density at radius 1 is 0.955 bits per heavy atom. The Kier molecular flexibility index (Phi) is 10.2. The minimum atomic E-state index is -4.99. The summed E-state index contributed by atoms with van der Waals surface area (Å²) in [6, 6.07) is 9.16. The number of hydrogen-bond acceptors (Lipinski definition) is 7. The highest BCUT2D eigenvalue weighted by atomic mass is 35.5. The number of rotatable bonds is 9. The lowest BCUT2D eigenvalue weighted by Crippen LogP contribution is -2.62. The highest BCUT2D eigenvalue weighted by Crippen LogP contribution is 2.39. The molecule has 1 aliphatic carbocycles. The van der Waals surface area contributed by atoms with Crippen LogP contribution in [0.25, 0.3) is 10.4 Å². The summed E-state index contributed by atoms with van der Waals surface area (Å²) in [5.41, 5.74) is -1.16. The molecule has 1 aromatic heterocycles. The smallest absolute Gasteiger partial charge is 0.548 e. The van der Waals surface area contributed by atoms with E-state index < -0.39 is 35.6 Å². The van der Waals surface area contributed by atoms with Gasteiger partial charge in [0.2, 0.25) is 0 Å². The Morgan fingerprint density at radius 3 is 2.11 bits per heavy atom. The molecule has 3 amide bonds. The Hall–Kier alpha value is -3.68. The monoisotopic (exact) mass is 672 g/mol. The number of thiophene rings is 1. The summed E-state index contributed by atoms with van der Waals surface area (Å²) in [7, 11) is 1.51. The van der Waals surface area contributed by atoms with E-state index in [-0.39, 0.29) is 32.2 Å². The number of carboxylic acid groups (broad SMARTS) is 1. The fourth-order valence-corrected chi connectivity index (χ4v) is 6.55. The first-order valence-electron chi connectivity index (χ1n) is 13.3. The number of ether oxygens (including phenoxy) is 2. The highest BCUT2D eigenvalue weighted by molar-refractivity contribution is 7.18. The van der Waals surface area contributed by atoms with Gasteiger partial charge in [0.1, 0.15) is 16.4 Å². The molecule has 3 N–H and O–H groups in total. The molecule has 1 saturated carbocycles. The molecule has 0 radical (unpaired) electrons. The molecular weight excluding hydrogens is 646 g/mol. The normalized spacial score (nSPS) is 15.2. The number of aliphatic carboxylic acids is 1. The maximum atomic E-state index is 13.6. The molecule has 1 atom stereocenters. The number of alkyl halides is 3. The minimum absolute atomic E-state index is 0.000344. The standard InChI is InChI=1S/C29H28Cl2F3N3O6S/c1-28(26(39)40,16-6-4-3-5-7-16)37-25(38)24-21(14-22(44-24)15-8-10-17(42-2)11-9-15)35-27(41)36-23-19(30)12-18(13-20(23)31)43-29(32,33)34/h8-14,16H,3-7H2,1-2H3,(H,37,38)(H,39,40)(H2,35,36,41)/p-1/t28-/m0/s1. The molecule has 3 aromatic rings. The molecule has 1 aliphatic rings. The molecule has 44 heavy (non-hydrogen) atoms. The van der Waals surface area contributed by atoms with Crippen LogP contribution < -0.4 is 30.5 Å². The zero-order valence-electron chi connectivity index (χ0n) is 23.4. The molecule has 4 rings (SSSR count). The molecule has 0 bridgehead atoms. The van der Waals surface area contributed by atoms with E-state index in [9.17, 15) is 32.7 Å². The second kappa shape index (κ2) is 13.5. The van der Waals surface area contributed by atoms with Crippen molar-refractivity contribution >= 4 is 63.8 Å². The minimum Gasteiger partial charge on any atom is -0.548 e. The van der Waals surface area contributed by atoms with Gasteiger partial charge in [-0.15, -0.1) is 24.5 Å². The Morgan fingerprint density at radius 2 is 1.57 bits per heavy atom. The van der Waals surface area contributed by atoms with Gasteiger partial charge in [-0.1, -0.05) is 42.5 Å². The van der Waals surface area contributed by atoms with Crippen LogP contribution in [0.5, 0.6) is 11.5 Å². The van der Waals surface area contributed by atoms with Gasteiger partial charge < -0.3 is 35.3 Å². The summed E-state index contributed by atoms with van der Waals surface area (Å²) < 4.78 is 46.9. The molecule has 0 spiro atoms. The fraction of sp³-hybridized carbons (Fsp3) is 0.345. The molecule has 9 nitrogen and oxygen atoms in total. The van der Waals surface area contributed by atoms with E-state index >= 15 is 0 Å². The van der Waals surface area contributed by atoms with Crippen molar-refractivity contribution in [3.05, 3.63) is 57.4 Å². The SMILES string of the molecule is COc1ccc(-c2cc(NC(=O)Nc3c(Cl)cc(OC(F)(F)F)cc3Cl)c(C(=O)N[C@](C)(C(=O)[O-])C3CCCCC3)s2)cc1. The maximum absolute atomic E-state index is 13.6. The van der Waals surface area contributed by atoms with Gasteiger partial charge in [-0.3, -0.25) is 4.79 Å². The second-order valence-electron chi connectivity index (χ2n) is 10.2. The third-order valence-corrected chi connectivity index (χ3v) is 9.05. The third kappa shape index (κ3) is 7.88. The van der Waals surface area contributed by atoms with E-state index in [1.54, 1.807) is 24.3 Å². The van der Waals surface area contributed by atoms with Crippen molar-refractivity contribution in [3.8, 4) is 21.9 Å². The summed E-state index contributed by atoms with van der Waals surface area (Å²) in [5.74, 6) is -2.60. The summed E-state index contributed by atoms with van der Waals surface area (Å²) in [6.45, 7) is 1.42. The van der Waals surface area contributed by atoms with Crippen LogP contribution in [-0.2, 0) is 4.79 Å². The van der Waals surface area contributed by atoms with Crippen LogP contribution in [0.4, 0.5) is 29.3 Å². The lowest BCUT2D eigenvalue weighted by atomic mass is 9.75. The number of hydrogen-bond donors (Lipinski definition) is 3. The molecule has 0 saturated heterocycles. The number of methoxy groups -OCH3 is 1. The van der Waals surface area contributed by atoms with Crippen molar-refractivity contribution in [3.63, 3.8) is 0 Å². The zero-order chi connectivity index (χ0) is 32.2. The molecular formula is C29H27Cl2F3N3O6S-. The number of carbonyl (C=O) groups is 3. The van der Waals surface area contributed by atoms with Crippen molar-refractivity contribution in [2.75, 3.05) is 17.7 Å². The van der Waals surface area contributed by atoms with Crippen LogP contribution >= 0.6 is 34.5 Å². The summed E-state index contributed by atoms with van der Waals surface area (Å²) in [4.78, 5) is 39.5. The number of benzene rings is 2. The van der Waals surface area contributed by atoms with Crippen LogP contribution in [-0.4, -0.2) is 36.9 Å². The van der Waals surface area contributed by atoms with Crippen molar-refractivity contribution in [1.82, 2.24) is 5.32 Å². The van der Waals surface area contributed by atoms with Crippen LogP contribution in [0.3, 0.4) is 0 Å². The molecule has 236 valence electrons. The van der Waals surface area contributed by atoms with E-state index in [1.165, 1.54) is 20.1 Å². The van der Waals surface area contributed by atoms with Gasteiger partial charge in [-0.05, 0) is 61.6 Å². The fourth-order valence-electron chi connectivity index (χ4n) is 4.97. The summed E-state index contributed by atoms with van der Waals surface area (Å²) in [5, 5.41) is 19.2. The number of urea groups is 1. The van der Waals surface area contributed by atoms with Gasteiger partial charge in [-0.25, -0.2) is 4.79 Å². The first kappa shape index (κ1) is 33.2. The lowest BCUT2D eigenvalue weighted by Gasteiger charge is -2.41. The van der Waals surface area contributed by atoms with E-state index in [4.69, 9.17) is 27.9 Å². The van der Waals surface area contributed by atoms with Crippen molar-refractivity contribution in [1.29, 1.82) is 0 Å². The van der Waals surface area contributed by atoms with Crippen molar-refractivity contribution in [2.45, 2.75) is 50.9 Å². The average Bonchev–Trinajstić information content (AvgIpc) is 3.38. The van der Waals surface area contributed by atoms with Crippen molar-refractivity contribution in [2.24, 2.45) is 5.92 Å². The molecule has 1 heterocycles. The first-order valence-corrected chi connectivity index (χ1v) is 14.9.